The molecule has 0 aromatic heterocycles. The largest absolute Gasteiger partial charge is 0.197 e. The highest BCUT2D eigenvalue weighted by Crippen LogP contribution is 2.28. The van der Waals surface area contributed by atoms with Crippen LogP contribution in [0.15, 0.2) is 72.8 Å². The Hall–Kier alpha value is -2.59. The lowest BCUT2D eigenvalue weighted by Gasteiger charge is -2.22. The zero-order valence-corrected chi connectivity index (χ0v) is 12.1. The highest BCUT2D eigenvalue weighted by molar-refractivity contribution is 5.83. The number of nitrogens with zero attached hydrogens (tertiary/aromatic N) is 1. The molecule has 1 atom stereocenters. The summed E-state index contributed by atoms with van der Waals surface area (Å²) in [6.45, 7) is 2.01. The fourth-order valence-electron chi connectivity index (χ4n) is 2.77. The van der Waals surface area contributed by atoms with Gasteiger partial charge in [0.1, 0.15) is 0 Å². The van der Waals surface area contributed by atoms with Gasteiger partial charge in [-0.2, -0.15) is 5.26 Å². The SMILES string of the molecule is CC(C#N)(Cc1ccc2ccccc2c1)c1ccccc1. The Balaban J connectivity index is 1.98. The standard InChI is InChI=1S/C20H17N/c1-20(15-21,19-9-3-2-4-10-19)14-16-11-12-17-7-5-6-8-18(17)13-16/h2-13H,14H2,1H3. The Morgan fingerprint density at radius 1 is 0.857 bits per heavy atom. The fraction of sp³-hybridized carbons (Fsp3) is 0.150. The van der Waals surface area contributed by atoms with E-state index >= 15 is 0 Å². The first-order valence-electron chi connectivity index (χ1n) is 7.16. The molecule has 21 heavy (non-hydrogen) atoms. The van der Waals surface area contributed by atoms with E-state index in [9.17, 15) is 5.26 Å². The summed E-state index contributed by atoms with van der Waals surface area (Å²) in [5, 5.41) is 12.1. The van der Waals surface area contributed by atoms with Gasteiger partial charge in [-0.25, -0.2) is 0 Å². The van der Waals surface area contributed by atoms with Gasteiger partial charge in [-0.15, -0.1) is 0 Å². The second-order valence-corrected chi connectivity index (χ2v) is 5.67. The summed E-state index contributed by atoms with van der Waals surface area (Å²) in [5.74, 6) is 0. The van der Waals surface area contributed by atoms with E-state index in [0.717, 1.165) is 12.0 Å². The molecule has 1 heteroatoms. The van der Waals surface area contributed by atoms with Crippen molar-refractivity contribution in [3.05, 3.63) is 83.9 Å². The predicted molar refractivity (Wildman–Crippen MR) is 87.1 cm³/mol. The van der Waals surface area contributed by atoms with Crippen LogP contribution in [0.4, 0.5) is 0 Å². The molecule has 0 radical (unpaired) electrons. The highest BCUT2D eigenvalue weighted by atomic mass is 14.4. The third-order valence-electron chi connectivity index (χ3n) is 4.03. The van der Waals surface area contributed by atoms with Gasteiger partial charge < -0.3 is 0 Å². The second kappa shape index (κ2) is 5.42. The van der Waals surface area contributed by atoms with Crippen LogP contribution in [0.1, 0.15) is 18.1 Å². The van der Waals surface area contributed by atoms with E-state index in [1.54, 1.807) is 0 Å². The molecule has 3 aromatic carbocycles. The molecule has 0 amide bonds. The molecule has 0 aliphatic rings. The van der Waals surface area contributed by atoms with Crippen molar-refractivity contribution < 1.29 is 0 Å². The first kappa shape index (κ1) is 13.4. The molecule has 102 valence electrons. The minimum atomic E-state index is -0.496. The van der Waals surface area contributed by atoms with Crippen molar-refractivity contribution in [1.29, 1.82) is 5.26 Å². The number of benzene rings is 3. The normalized spacial score (nSPS) is 13.5. The minimum Gasteiger partial charge on any atom is -0.197 e. The van der Waals surface area contributed by atoms with Gasteiger partial charge in [0.15, 0.2) is 0 Å². The van der Waals surface area contributed by atoms with Crippen molar-refractivity contribution >= 4 is 10.8 Å². The first-order chi connectivity index (χ1) is 10.2. The van der Waals surface area contributed by atoms with Crippen LogP contribution in [-0.4, -0.2) is 0 Å². The molecule has 0 spiro atoms. The molecule has 0 bridgehead atoms. The minimum absolute atomic E-state index is 0.496. The lowest BCUT2D eigenvalue weighted by atomic mass is 9.78. The van der Waals surface area contributed by atoms with Gasteiger partial charge in [0, 0.05) is 0 Å². The summed E-state index contributed by atoms with van der Waals surface area (Å²) in [4.78, 5) is 0. The predicted octanol–water partition coefficient (Wildman–Crippen LogP) is 4.86. The molecule has 3 rings (SSSR count). The molecule has 1 nitrogen and oxygen atoms in total. The van der Waals surface area contributed by atoms with Crippen LogP contribution in [0.3, 0.4) is 0 Å². The maximum atomic E-state index is 9.66. The molecular formula is C20H17N. The monoisotopic (exact) mass is 271 g/mol. The smallest absolute Gasteiger partial charge is 0.0834 e. The maximum absolute atomic E-state index is 9.66. The third-order valence-corrected chi connectivity index (χ3v) is 4.03. The zero-order valence-electron chi connectivity index (χ0n) is 12.1. The summed E-state index contributed by atoms with van der Waals surface area (Å²) in [6.07, 6.45) is 0.721. The zero-order chi connectivity index (χ0) is 14.7. The highest BCUT2D eigenvalue weighted by Gasteiger charge is 2.26. The van der Waals surface area contributed by atoms with Crippen molar-refractivity contribution in [2.24, 2.45) is 0 Å². The molecule has 0 N–H and O–H groups in total. The van der Waals surface area contributed by atoms with Gasteiger partial charge in [-0.1, -0.05) is 72.8 Å². The van der Waals surface area contributed by atoms with Gasteiger partial charge in [-0.3, -0.25) is 0 Å². The van der Waals surface area contributed by atoms with E-state index in [1.807, 2.05) is 49.4 Å². The topological polar surface area (TPSA) is 23.8 Å². The number of fused-ring (bicyclic) bond motifs is 1. The quantitative estimate of drug-likeness (QED) is 0.667. The Morgan fingerprint density at radius 3 is 2.24 bits per heavy atom. The van der Waals surface area contributed by atoms with Gasteiger partial charge in [0.05, 0.1) is 11.5 Å². The van der Waals surface area contributed by atoms with Crippen molar-refractivity contribution in [3.8, 4) is 6.07 Å². The molecular weight excluding hydrogens is 254 g/mol. The van der Waals surface area contributed by atoms with Gasteiger partial charge in [-0.05, 0) is 35.2 Å². The van der Waals surface area contributed by atoms with Crippen molar-refractivity contribution in [2.75, 3.05) is 0 Å². The van der Waals surface area contributed by atoms with Gasteiger partial charge in [0.25, 0.3) is 0 Å². The summed E-state index contributed by atoms with van der Waals surface area (Å²) >= 11 is 0. The summed E-state index contributed by atoms with van der Waals surface area (Å²) in [5.41, 5.74) is 1.77. The first-order valence-corrected chi connectivity index (χ1v) is 7.16. The van der Waals surface area contributed by atoms with E-state index in [-0.39, 0.29) is 0 Å². The number of rotatable bonds is 3. The number of hydrogen-bond acceptors (Lipinski definition) is 1. The Kier molecular flexibility index (Phi) is 3.46. The van der Waals surface area contributed by atoms with E-state index in [1.165, 1.54) is 16.3 Å². The molecule has 0 saturated carbocycles. The molecule has 0 heterocycles. The Labute approximate surface area is 125 Å². The van der Waals surface area contributed by atoms with Crippen LogP contribution >= 0.6 is 0 Å². The summed E-state index contributed by atoms with van der Waals surface area (Å²) in [6, 6.07) is 27.3. The van der Waals surface area contributed by atoms with E-state index in [4.69, 9.17) is 0 Å². The summed E-state index contributed by atoms with van der Waals surface area (Å²) < 4.78 is 0. The van der Waals surface area contributed by atoms with E-state index in [2.05, 4.69) is 36.4 Å². The van der Waals surface area contributed by atoms with Crippen molar-refractivity contribution in [2.45, 2.75) is 18.8 Å². The Bertz CT molecular complexity index is 799. The molecule has 0 saturated heterocycles. The molecule has 0 aliphatic heterocycles. The van der Waals surface area contributed by atoms with Crippen LogP contribution in [-0.2, 0) is 11.8 Å². The fourth-order valence-corrected chi connectivity index (χ4v) is 2.77. The van der Waals surface area contributed by atoms with Gasteiger partial charge >= 0.3 is 0 Å². The van der Waals surface area contributed by atoms with Crippen LogP contribution in [0.5, 0.6) is 0 Å². The average molecular weight is 271 g/mol. The average Bonchev–Trinajstić information content (AvgIpc) is 2.55. The molecule has 1 unspecified atom stereocenters. The summed E-state index contributed by atoms with van der Waals surface area (Å²) in [7, 11) is 0. The van der Waals surface area contributed by atoms with Gasteiger partial charge in [0.2, 0.25) is 0 Å². The maximum Gasteiger partial charge on any atom is 0.0834 e. The molecule has 0 aliphatic carbocycles. The number of hydrogen-bond donors (Lipinski definition) is 0. The molecule has 3 aromatic rings. The van der Waals surface area contributed by atoms with Crippen LogP contribution in [0.25, 0.3) is 10.8 Å². The second-order valence-electron chi connectivity index (χ2n) is 5.67. The lowest BCUT2D eigenvalue weighted by molar-refractivity contribution is 0.607. The van der Waals surface area contributed by atoms with Crippen molar-refractivity contribution in [1.82, 2.24) is 0 Å². The lowest BCUT2D eigenvalue weighted by Crippen LogP contribution is -2.22. The molecule has 0 fully saturated rings. The van der Waals surface area contributed by atoms with Crippen LogP contribution in [0, 0.1) is 11.3 Å². The van der Waals surface area contributed by atoms with E-state index in [0.29, 0.717) is 0 Å². The van der Waals surface area contributed by atoms with Crippen LogP contribution < -0.4 is 0 Å². The van der Waals surface area contributed by atoms with Crippen LogP contribution in [0.2, 0.25) is 0 Å². The van der Waals surface area contributed by atoms with E-state index < -0.39 is 5.41 Å². The number of nitriles is 1. The van der Waals surface area contributed by atoms with Crippen molar-refractivity contribution in [3.63, 3.8) is 0 Å². The third kappa shape index (κ3) is 2.66. The Morgan fingerprint density at radius 2 is 1.52 bits per heavy atom.